The molecule has 6 nitrogen and oxygen atoms in total. The van der Waals surface area contributed by atoms with Gasteiger partial charge in [-0.05, 0) is 31.9 Å². The monoisotopic (exact) mass is 409 g/mol. The normalized spacial score (nSPS) is 16.0. The molecular weight excluding hydrogens is 378 g/mol. The Balaban J connectivity index is 1.66. The number of piperazine rings is 1. The Morgan fingerprint density at radius 3 is 2.07 bits per heavy atom. The van der Waals surface area contributed by atoms with E-state index in [1.165, 1.54) is 0 Å². The molecule has 0 bridgehead atoms. The predicted molar refractivity (Wildman–Crippen MR) is 117 cm³/mol. The van der Waals surface area contributed by atoms with E-state index in [-0.39, 0.29) is 12.0 Å². The molecule has 0 spiro atoms. The van der Waals surface area contributed by atoms with Crippen LogP contribution in [-0.4, -0.2) is 53.6 Å². The van der Waals surface area contributed by atoms with Crippen molar-refractivity contribution in [1.82, 2.24) is 15.1 Å². The predicted octanol–water partition coefficient (Wildman–Crippen LogP) is 3.60. The fourth-order valence-corrected chi connectivity index (χ4v) is 3.53. The lowest BCUT2D eigenvalue weighted by molar-refractivity contribution is -0.127. The zero-order chi connectivity index (χ0) is 21.6. The summed E-state index contributed by atoms with van der Waals surface area (Å²) in [6.07, 6.45) is -0.299. The molecular formula is C24H31N3O3. The lowest BCUT2D eigenvalue weighted by Crippen LogP contribution is -2.53. The molecule has 30 heavy (non-hydrogen) atoms. The first-order chi connectivity index (χ1) is 14.3. The summed E-state index contributed by atoms with van der Waals surface area (Å²) >= 11 is 0. The summed E-state index contributed by atoms with van der Waals surface area (Å²) in [4.78, 5) is 29.4. The van der Waals surface area contributed by atoms with E-state index in [2.05, 4.69) is 10.2 Å². The average molecular weight is 410 g/mol. The van der Waals surface area contributed by atoms with E-state index in [0.29, 0.717) is 32.7 Å². The largest absolute Gasteiger partial charge is 0.444 e. The van der Waals surface area contributed by atoms with E-state index in [9.17, 15) is 9.59 Å². The van der Waals surface area contributed by atoms with Gasteiger partial charge in [0.05, 0.1) is 0 Å². The van der Waals surface area contributed by atoms with Gasteiger partial charge < -0.3 is 15.0 Å². The van der Waals surface area contributed by atoms with Gasteiger partial charge >= 0.3 is 6.09 Å². The summed E-state index contributed by atoms with van der Waals surface area (Å²) in [5, 5.41) is 3.07. The van der Waals surface area contributed by atoms with Crippen LogP contribution in [0.4, 0.5) is 4.79 Å². The maximum absolute atomic E-state index is 13.2. The molecule has 0 aliphatic carbocycles. The van der Waals surface area contributed by atoms with Gasteiger partial charge in [-0.3, -0.25) is 9.69 Å². The Labute approximate surface area is 178 Å². The van der Waals surface area contributed by atoms with Gasteiger partial charge in [0.1, 0.15) is 11.6 Å². The summed E-state index contributed by atoms with van der Waals surface area (Å²) in [5.74, 6) is -0.0317. The van der Waals surface area contributed by atoms with Gasteiger partial charge in [0.2, 0.25) is 5.91 Å². The zero-order valence-corrected chi connectivity index (χ0v) is 18.0. The third-order valence-corrected chi connectivity index (χ3v) is 5.00. The molecule has 2 amide bonds. The fraction of sp³-hybridized carbons (Fsp3) is 0.417. The van der Waals surface area contributed by atoms with E-state index in [4.69, 9.17) is 4.74 Å². The minimum atomic E-state index is -0.516. The van der Waals surface area contributed by atoms with Crippen LogP contribution < -0.4 is 5.32 Å². The highest BCUT2D eigenvalue weighted by Gasteiger charge is 2.32. The number of ether oxygens (including phenoxy) is 1. The fourth-order valence-electron chi connectivity index (χ4n) is 3.53. The summed E-state index contributed by atoms with van der Waals surface area (Å²) < 4.78 is 5.48. The Bertz CT molecular complexity index is 826. The van der Waals surface area contributed by atoms with Gasteiger partial charge in [-0.25, -0.2) is 4.79 Å². The maximum atomic E-state index is 13.2. The summed E-state index contributed by atoms with van der Waals surface area (Å²) in [6, 6.07) is 19.3. The third-order valence-electron chi connectivity index (χ3n) is 5.00. The number of rotatable bonds is 5. The lowest BCUT2D eigenvalue weighted by Gasteiger charge is -2.39. The van der Waals surface area contributed by atoms with Crippen molar-refractivity contribution in [3.05, 3.63) is 71.8 Å². The third kappa shape index (κ3) is 6.07. The van der Waals surface area contributed by atoms with Gasteiger partial charge in [0.15, 0.2) is 0 Å². The highest BCUT2D eigenvalue weighted by Crippen LogP contribution is 2.23. The van der Waals surface area contributed by atoms with Crippen LogP contribution >= 0.6 is 0 Å². The van der Waals surface area contributed by atoms with Gasteiger partial charge in [0, 0.05) is 32.7 Å². The summed E-state index contributed by atoms with van der Waals surface area (Å²) in [6.45, 7) is 8.36. The molecule has 160 valence electrons. The Morgan fingerprint density at radius 2 is 1.50 bits per heavy atom. The van der Waals surface area contributed by atoms with Crippen LogP contribution in [-0.2, 0) is 16.1 Å². The van der Waals surface area contributed by atoms with E-state index >= 15 is 0 Å². The Morgan fingerprint density at radius 1 is 0.933 bits per heavy atom. The molecule has 1 aliphatic heterocycles. The molecule has 6 heteroatoms. The van der Waals surface area contributed by atoms with Crippen LogP contribution in [0.1, 0.15) is 37.9 Å². The molecule has 2 aromatic rings. The molecule has 0 radical (unpaired) electrons. The first-order valence-corrected chi connectivity index (χ1v) is 10.4. The highest BCUT2D eigenvalue weighted by molar-refractivity contribution is 5.83. The van der Waals surface area contributed by atoms with Crippen molar-refractivity contribution < 1.29 is 14.3 Å². The molecule has 0 saturated carbocycles. The minimum absolute atomic E-state index is 0.0317. The quantitative estimate of drug-likeness (QED) is 0.820. The topological polar surface area (TPSA) is 61.9 Å². The van der Waals surface area contributed by atoms with E-state index < -0.39 is 11.6 Å². The molecule has 0 aromatic heterocycles. The van der Waals surface area contributed by atoms with Crippen molar-refractivity contribution in [3.63, 3.8) is 0 Å². The number of nitrogens with one attached hydrogen (secondary N) is 1. The molecule has 1 heterocycles. The highest BCUT2D eigenvalue weighted by atomic mass is 16.6. The van der Waals surface area contributed by atoms with Crippen molar-refractivity contribution in [2.45, 2.75) is 39.0 Å². The second-order valence-electron chi connectivity index (χ2n) is 8.52. The second-order valence-corrected chi connectivity index (χ2v) is 8.52. The smallest absolute Gasteiger partial charge is 0.410 e. The number of benzene rings is 2. The zero-order valence-electron chi connectivity index (χ0n) is 18.0. The van der Waals surface area contributed by atoms with E-state index in [1.54, 1.807) is 4.90 Å². The molecule has 3 rings (SSSR count). The molecule has 0 unspecified atom stereocenters. The van der Waals surface area contributed by atoms with E-state index in [0.717, 1.165) is 11.1 Å². The minimum Gasteiger partial charge on any atom is -0.444 e. The lowest BCUT2D eigenvalue weighted by atomic mass is 10.0. The number of amides is 2. The molecule has 1 saturated heterocycles. The van der Waals surface area contributed by atoms with Gasteiger partial charge in [-0.1, -0.05) is 60.7 Å². The first kappa shape index (κ1) is 21.8. The summed E-state index contributed by atoms with van der Waals surface area (Å²) in [5.41, 5.74) is 1.50. The molecule has 1 fully saturated rings. The molecule has 2 aromatic carbocycles. The van der Waals surface area contributed by atoms with Crippen LogP contribution in [0.5, 0.6) is 0 Å². The number of carbonyl (C=O) groups is 2. The Hall–Kier alpha value is -2.86. The number of hydrogen-bond acceptors (Lipinski definition) is 4. The average Bonchev–Trinajstić information content (AvgIpc) is 2.73. The maximum Gasteiger partial charge on any atom is 0.410 e. The van der Waals surface area contributed by atoms with Crippen LogP contribution in [0.25, 0.3) is 0 Å². The van der Waals surface area contributed by atoms with Crippen LogP contribution in [0.3, 0.4) is 0 Å². The van der Waals surface area contributed by atoms with Crippen molar-refractivity contribution in [2.24, 2.45) is 0 Å². The molecule has 1 N–H and O–H groups in total. The number of hydrogen-bond donors (Lipinski definition) is 1. The molecule has 1 atom stereocenters. The number of carbonyl (C=O) groups excluding carboxylic acids is 2. The second kappa shape index (κ2) is 9.76. The van der Waals surface area contributed by atoms with Crippen molar-refractivity contribution in [2.75, 3.05) is 26.2 Å². The van der Waals surface area contributed by atoms with Crippen LogP contribution in [0, 0.1) is 0 Å². The van der Waals surface area contributed by atoms with Crippen molar-refractivity contribution in [1.29, 1.82) is 0 Å². The molecule has 1 aliphatic rings. The van der Waals surface area contributed by atoms with Gasteiger partial charge in [-0.15, -0.1) is 0 Å². The van der Waals surface area contributed by atoms with Crippen molar-refractivity contribution in [3.8, 4) is 0 Å². The van der Waals surface area contributed by atoms with Gasteiger partial charge in [0.25, 0.3) is 0 Å². The van der Waals surface area contributed by atoms with Gasteiger partial charge in [-0.2, -0.15) is 0 Å². The SMILES string of the molecule is CC(C)(C)OC(=O)N1CCN([C@@H](C(=O)NCc2ccccc2)c2ccccc2)CC1. The summed E-state index contributed by atoms with van der Waals surface area (Å²) in [7, 11) is 0. The van der Waals surface area contributed by atoms with Crippen LogP contribution in [0.15, 0.2) is 60.7 Å². The number of nitrogens with zero attached hydrogens (tertiary/aromatic N) is 2. The standard InChI is InChI=1S/C24H31N3O3/c1-24(2,3)30-23(29)27-16-14-26(15-17-27)21(20-12-8-5-9-13-20)22(28)25-18-19-10-6-4-7-11-19/h4-13,21H,14-18H2,1-3H3,(H,25,28)/t21-/m1/s1. The Kier molecular flexibility index (Phi) is 7.11. The van der Waals surface area contributed by atoms with Crippen LogP contribution in [0.2, 0.25) is 0 Å². The van der Waals surface area contributed by atoms with E-state index in [1.807, 2.05) is 81.4 Å². The first-order valence-electron chi connectivity index (χ1n) is 10.4. The van der Waals surface area contributed by atoms with Crippen molar-refractivity contribution >= 4 is 12.0 Å².